The number of anilines is 1. The molecular formula is C17H23N3O3. The lowest BCUT2D eigenvalue weighted by Gasteiger charge is -2.10. The highest BCUT2D eigenvalue weighted by Gasteiger charge is 2.15. The Morgan fingerprint density at radius 3 is 2.87 bits per heavy atom. The van der Waals surface area contributed by atoms with Crippen molar-refractivity contribution in [1.29, 1.82) is 0 Å². The Hall–Kier alpha value is -2.34. The maximum atomic E-state index is 12.4. The molecule has 1 aromatic carbocycles. The molecule has 0 atom stereocenters. The molecule has 1 heterocycles. The average Bonchev–Trinajstić information content (AvgIpc) is 2.93. The van der Waals surface area contributed by atoms with Crippen LogP contribution in [0.5, 0.6) is 5.75 Å². The Kier molecular flexibility index (Phi) is 5.76. The van der Waals surface area contributed by atoms with E-state index < -0.39 is 0 Å². The molecule has 0 unspecified atom stereocenters. The van der Waals surface area contributed by atoms with Gasteiger partial charge in [-0.1, -0.05) is 13.3 Å². The quantitative estimate of drug-likeness (QED) is 0.823. The van der Waals surface area contributed by atoms with Gasteiger partial charge in [-0.2, -0.15) is 5.10 Å². The number of amides is 1. The molecule has 23 heavy (non-hydrogen) atoms. The summed E-state index contributed by atoms with van der Waals surface area (Å²) >= 11 is 0. The lowest BCUT2D eigenvalue weighted by molar-refractivity contribution is 0.102. The molecule has 2 rings (SSSR count). The van der Waals surface area contributed by atoms with Gasteiger partial charge in [0.15, 0.2) is 0 Å². The van der Waals surface area contributed by atoms with Crippen LogP contribution in [0.4, 0.5) is 5.69 Å². The van der Waals surface area contributed by atoms with Crippen molar-refractivity contribution in [3.8, 4) is 5.75 Å². The molecule has 6 heteroatoms. The summed E-state index contributed by atoms with van der Waals surface area (Å²) in [5.74, 6) is 0.383. The van der Waals surface area contributed by atoms with Crippen molar-refractivity contribution in [2.75, 3.05) is 12.4 Å². The van der Waals surface area contributed by atoms with Crippen molar-refractivity contribution < 1.29 is 14.6 Å². The minimum absolute atomic E-state index is 0.152. The first kappa shape index (κ1) is 17.0. The van der Waals surface area contributed by atoms with Crippen LogP contribution < -0.4 is 10.1 Å². The number of nitrogens with one attached hydrogen (secondary N) is 1. The average molecular weight is 317 g/mol. The molecule has 0 bridgehead atoms. The van der Waals surface area contributed by atoms with Gasteiger partial charge in [0, 0.05) is 23.5 Å². The number of carbonyl (C=O) groups is 1. The van der Waals surface area contributed by atoms with Crippen LogP contribution in [0.15, 0.2) is 24.4 Å². The van der Waals surface area contributed by atoms with Gasteiger partial charge in [0.05, 0.1) is 25.5 Å². The van der Waals surface area contributed by atoms with Crippen LogP contribution in [0.2, 0.25) is 0 Å². The number of aliphatic hydroxyl groups excluding tert-OH is 1. The summed E-state index contributed by atoms with van der Waals surface area (Å²) in [4.78, 5) is 12.4. The molecule has 0 radical (unpaired) electrons. The van der Waals surface area contributed by atoms with Gasteiger partial charge in [0.1, 0.15) is 5.75 Å². The zero-order valence-corrected chi connectivity index (χ0v) is 13.8. The highest BCUT2D eigenvalue weighted by molar-refractivity contribution is 6.04. The van der Waals surface area contributed by atoms with E-state index in [-0.39, 0.29) is 12.5 Å². The maximum absolute atomic E-state index is 12.4. The highest BCUT2D eigenvalue weighted by atomic mass is 16.5. The van der Waals surface area contributed by atoms with Crippen LogP contribution in [0.25, 0.3) is 0 Å². The molecule has 2 N–H and O–H groups in total. The first-order valence-corrected chi connectivity index (χ1v) is 7.72. The van der Waals surface area contributed by atoms with E-state index in [0.29, 0.717) is 22.6 Å². The number of hydrogen-bond acceptors (Lipinski definition) is 4. The smallest absolute Gasteiger partial charge is 0.259 e. The fourth-order valence-corrected chi connectivity index (χ4v) is 2.38. The number of benzene rings is 1. The molecule has 0 aliphatic rings. The molecule has 0 aliphatic carbocycles. The summed E-state index contributed by atoms with van der Waals surface area (Å²) in [6, 6.07) is 5.17. The Morgan fingerprint density at radius 2 is 2.22 bits per heavy atom. The van der Waals surface area contributed by atoms with E-state index in [0.717, 1.165) is 25.1 Å². The third-order valence-electron chi connectivity index (χ3n) is 3.78. The Morgan fingerprint density at radius 1 is 1.43 bits per heavy atom. The number of nitrogens with zero attached hydrogens (tertiary/aromatic N) is 2. The van der Waals surface area contributed by atoms with E-state index in [1.54, 1.807) is 31.5 Å². The first-order chi connectivity index (χ1) is 11.1. The van der Waals surface area contributed by atoms with E-state index in [2.05, 4.69) is 17.3 Å². The van der Waals surface area contributed by atoms with Crippen molar-refractivity contribution in [2.45, 2.75) is 39.8 Å². The number of carbonyl (C=O) groups excluding carboxylic acids is 1. The molecule has 0 saturated carbocycles. The number of aromatic nitrogens is 2. The predicted molar refractivity (Wildman–Crippen MR) is 88.7 cm³/mol. The van der Waals surface area contributed by atoms with Crippen LogP contribution in [0.3, 0.4) is 0 Å². The maximum Gasteiger partial charge on any atom is 0.259 e. The minimum Gasteiger partial charge on any atom is -0.496 e. The summed E-state index contributed by atoms with van der Waals surface area (Å²) in [6.07, 6.45) is 3.70. The van der Waals surface area contributed by atoms with Gasteiger partial charge < -0.3 is 15.2 Å². The van der Waals surface area contributed by atoms with Crippen molar-refractivity contribution >= 4 is 11.6 Å². The van der Waals surface area contributed by atoms with E-state index in [4.69, 9.17) is 4.74 Å². The van der Waals surface area contributed by atoms with Gasteiger partial charge in [0.2, 0.25) is 0 Å². The van der Waals surface area contributed by atoms with Crippen molar-refractivity contribution in [3.05, 3.63) is 41.2 Å². The van der Waals surface area contributed by atoms with Gasteiger partial charge in [-0.3, -0.25) is 9.48 Å². The van der Waals surface area contributed by atoms with Crippen LogP contribution in [0.1, 0.15) is 41.4 Å². The van der Waals surface area contributed by atoms with Gasteiger partial charge in [0.25, 0.3) is 5.91 Å². The summed E-state index contributed by atoms with van der Waals surface area (Å²) in [7, 11) is 1.54. The van der Waals surface area contributed by atoms with Crippen LogP contribution in [0, 0.1) is 6.92 Å². The Balaban J connectivity index is 2.14. The van der Waals surface area contributed by atoms with Crippen LogP contribution >= 0.6 is 0 Å². The number of aryl methyl sites for hydroxylation is 1. The van der Waals surface area contributed by atoms with Gasteiger partial charge in [-0.25, -0.2) is 0 Å². The number of unbranched alkanes of at least 4 members (excludes halogenated alkanes) is 1. The molecule has 0 saturated heterocycles. The fraction of sp³-hybridized carbons (Fsp3) is 0.412. The van der Waals surface area contributed by atoms with Gasteiger partial charge >= 0.3 is 0 Å². The second kappa shape index (κ2) is 7.78. The second-order valence-corrected chi connectivity index (χ2v) is 5.36. The van der Waals surface area contributed by atoms with Gasteiger partial charge in [-0.15, -0.1) is 0 Å². The summed E-state index contributed by atoms with van der Waals surface area (Å²) in [5.41, 5.74) is 2.65. The summed E-state index contributed by atoms with van der Waals surface area (Å²) in [5, 5.41) is 16.5. The monoisotopic (exact) mass is 317 g/mol. The molecular weight excluding hydrogens is 294 g/mol. The standard InChI is InChI=1S/C17H23N3O3/c1-4-5-8-20-12(2)15(10-18-20)17(22)19-14-6-7-16(23-3)13(9-14)11-21/h6-7,9-10,21H,4-5,8,11H2,1-3H3,(H,19,22). The third kappa shape index (κ3) is 3.90. The summed E-state index contributed by atoms with van der Waals surface area (Å²) in [6.45, 7) is 4.67. The van der Waals surface area contributed by atoms with Gasteiger partial charge in [-0.05, 0) is 31.5 Å². The van der Waals surface area contributed by atoms with E-state index >= 15 is 0 Å². The lowest BCUT2D eigenvalue weighted by atomic mass is 10.1. The molecule has 2 aromatic rings. The van der Waals surface area contributed by atoms with Crippen molar-refractivity contribution in [3.63, 3.8) is 0 Å². The highest BCUT2D eigenvalue weighted by Crippen LogP contribution is 2.23. The molecule has 1 aromatic heterocycles. The number of ether oxygens (including phenoxy) is 1. The molecule has 6 nitrogen and oxygen atoms in total. The van der Waals surface area contributed by atoms with Crippen molar-refractivity contribution in [1.82, 2.24) is 9.78 Å². The topological polar surface area (TPSA) is 76.4 Å². The SMILES string of the molecule is CCCCn1ncc(C(=O)Nc2ccc(OC)c(CO)c2)c1C. The minimum atomic E-state index is -0.209. The van der Waals surface area contributed by atoms with Crippen LogP contribution in [-0.2, 0) is 13.2 Å². The molecule has 0 spiro atoms. The largest absolute Gasteiger partial charge is 0.496 e. The van der Waals surface area contributed by atoms with Crippen molar-refractivity contribution in [2.24, 2.45) is 0 Å². The number of methoxy groups -OCH3 is 1. The number of aliphatic hydroxyl groups is 1. The third-order valence-corrected chi connectivity index (χ3v) is 3.78. The molecule has 1 amide bonds. The Bertz CT molecular complexity index is 680. The normalized spacial score (nSPS) is 10.6. The zero-order valence-electron chi connectivity index (χ0n) is 13.8. The number of rotatable bonds is 7. The number of hydrogen-bond donors (Lipinski definition) is 2. The lowest BCUT2D eigenvalue weighted by Crippen LogP contribution is -2.13. The molecule has 0 fully saturated rings. The van der Waals surface area contributed by atoms with E-state index in [9.17, 15) is 9.90 Å². The molecule has 0 aliphatic heterocycles. The molecule has 124 valence electrons. The second-order valence-electron chi connectivity index (χ2n) is 5.36. The first-order valence-electron chi connectivity index (χ1n) is 7.72. The van der Waals surface area contributed by atoms with E-state index in [1.165, 1.54) is 0 Å². The fourth-order valence-electron chi connectivity index (χ4n) is 2.38. The predicted octanol–water partition coefficient (Wildman–Crippen LogP) is 2.74. The Labute approximate surface area is 136 Å². The van der Waals surface area contributed by atoms with E-state index in [1.807, 2.05) is 11.6 Å². The summed E-state index contributed by atoms with van der Waals surface area (Å²) < 4.78 is 7.01. The zero-order chi connectivity index (χ0) is 16.8. The van der Waals surface area contributed by atoms with Crippen LogP contribution in [-0.4, -0.2) is 27.9 Å².